The van der Waals surface area contributed by atoms with Crippen LogP contribution in [-0.2, 0) is 11.8 Å². The number of nitrogens with zero attached hydrogens (tertiary/aromatic N) is 5. The van der Waals surface area contributed by atoms with E-state index in [4.69, 9.17) is 9.47 Å². The number of anilines is 1. The molecule has 1 saturated carbocycles. The molecule has 0 amide bonds. The van der Waals surface area contributed by atoms with Gasteiger partial charge in [0.1, 0.15) is 12.3 Å². The maximum absolute atomic E-state index is 12.1. The number of likely N-dealkylation sites (tertiary alicyclic amines) is 1. The largest absolute Gasteiger partial charge is 0.476 e. The number of piperidine rings is 1. The number of pyridine rings is 1. The van der Waals surface area contributed by atoms with Crippen molar-refractivity contribution in [3.63, 3.8) is 0 Å². The zero-order valence-corrected chi connectivity index (χ0v) is 23.7. The van der Waals surface area contributed by atoms with Crippen molar-refractivity contribution in [2.75, 3.05) is 38.7 Å². The highest BCUT2D eigenvalue weighted by Gasteiger charge is 2.45. The number of halogens is 1. The molecule has 1 aliphatic carbocycles. The summed E-state index contributed by atoms with van der Waals surface area (Å²) in [5.41, 5.74) is 2.81. The Kier molecular flexibility index (Phi) is 7.59. The number of aromatic nitrogens is 3. The smallest absolute Gasteiger partial charge is 0.337 e. The van der Waals surface area contributed by atoms with Crippen molar-refractivity contribution in [2.24, 2.45) is 13.0 Å². The molecule has 2 atom stereocenters. The molecule has 3 aromatic rings. The summed E-state index contributed by atoms with van der Waals surface area (Å²) in [5, 5.41) is 19.5. The zero-order chi connectivity index (χ0) is 27.7. The number of hydrogen-bond donors (Lipinski definition) is 1. The highest BCUT2D eigenvalue weighted by molar-refractivity contribution is 9.10. The summed E-state index contributed by atoms with van der Waals surface area (Å²) in [6.07, 6.45) is 4.72. The van der Waals surface area contributed by atoms with Gasteiger partial charge in [-0.15, -0.1) is 0 Å². The van der Waals surface area contributed by atoms with Crippen molar-refractivity contribution in [3.05, 3.63) is 62.4 Å². The van der Waals surface area contributed by atoms with Crippen molar-refractivity contribution in [3.8, 4) is 17.1 Å². The number of methoxy groups -OCH3 is 1. The van der Waals surface area contributed by atoms with E-state index in [1.165, 1.54) is 13.2 Å². The molecule has 1 saturated heterocycles. The van der Waals surface area contributed by atoms with Gasteiger partial charge in [0.2, 0.25) is 5.88 Å². The van der Waals surface area contributed by atoms with E-state index in [0.29, 0.717) is 53.2 Å². The molecular weight excluding hydrogens is 568 g/mol. The fraction of sp³-hybridized carbons (Fsp3) is 0.444. The third-order valence-electron chi connectivity index (χ3n) is 7.49. The number of carbonyl (C=O) groups excluding carboxylic acids is 1. The maximum Gasteiger partial charge on any atom is 0.337 e. The Hall–Kier alpha value is -3.51. The van der Waals surface area contributed by atoms with Crippen molar-refractivity contribution < 1.29 is 19.2 Å². The first-order valence-electron chi connectivity index (χ1n) is 12.8. The van der Waals surface area contributed by atoms with Gasteiger partial charge in [-0.1, -0.05) is 15.9 Å². The monoisotopic (exact) mass is 598 g/mol. The summed E-state index contributed by atoms with van der Waals surface area (Å²) in [5.74, 6) is 0.669. The van der Waals surface area contributed by atoms with Crippen LogP contribution in [-0.4, -0.2) is 69.4 Å². The van der Waals surface area contributed by atoms with Gasteiger partial charge in [0.15, 0.2) is 0 Å². The number of fused-ring (bicyclic) bond motifs is 2. The van der Waals surface area contributed by atoms with E-state index in [1.54, 1.807) is 42.2 Å². The standard InChI is InChI=1S/C27H31BrN6O5/c1-17-10-19(26(35)38-3)11-22(30-17)21-14-29-32(2)25(21)39-9-8-33-15-18-6-7-27(13-18,16-33)31-23-12-20(28)4-5-24(23)34(36)37/h4-5,10-12,14,18,31H,6-9,13,15-16H2,1-3H3. The molecule has 3 heterocycles. The van der Waals surface area contributed by atoms with E-state index in [1.807, 2.05) is 6.92 Å². The second-order valence-corrected chi connectivity index (χ2v) is 11.3. The fourth-order valence-corrected chi connectivity index (χ4v) is 6.22. The Morgan fingerprint density at radius 2 is 2.15 bits per heavy atom. The topological polar surface area (TPSA) is 125 Å². The van der Waals surface area contributed by atoms with Crippen molar-refractivity contribution in [1.29, 1.82) is 0 Å². The molecule has 11 nitrogen and oxygen atoms in total. The van der Waals surface area contributed by atoms with E-state index in [9.17, 15) is 14.9 Å². The van der Waals surface area contributed by atoms with E-state index < -0.39 is 5.97 Å². The van der Waals surface area contributed by atoms with Gasteiger partial charge in [-0.3, -0.25) is 20.0 Å². The Morgan fingerprint density at radius 1 is 1.33 bits per heavy atom. The molecule has 0 radical (unpaired) electrons. The second-order valence-electron chi connectivity index (χ2n) is 10.4. The number of hydrogen-bond acceptors (Lipinski definition) is 9. The average molecular weight is 599 g/mol. The molecule has 2 aromatic heterocycles. The number of nitro groups is 1. The summed E-state index contributed by atoms with van der Waals surface area (Å²) >= 11 is 3.45. The van der Waals surface area contributed by atoms with Crippen LogP contribution in [0.2, 0.25) is 0 Å². The van der Waals surface area contributed by atoms with Gasteiger partial charge < -0.3 is 14.8 Å². The third-order valence-corrected chi connectivity index (χ3v) is 7.98. The molecule has 2 fully saturated rings. The van der Waals surface area contributed by atoms with Gasteiger partial charge in [-0.2, -0.15) is 5.10 Å². The molecule has 0 spiro atoms. The number of aryl methyl sites for hydroxylation is 2. The SMILES string of the molecule is COC(=O)c1cc(C)nc(-c2cnn(C)c2OCCN2CC3CCC(Nc4cc(Br)ccc4[N+](=O)[O-])(C3)C2)c1. The van der Waals surface area contributed by atoms with Gasteiger partial charge in [0.05, 0.1) is 40.6 Å². The molecule has 39 heavy (non-hydrogen) atoms. The van der Waals surface area contributed by atoms with E-state index in [0.717, 1.165) is 36.8 Å². The molecule has 2 unspecified atom stereocenters. The van der Waals surface area contributed by atoms with Crippen LogP contribution in [0.1, 0.15) is 35.3 Å². The van der Waals surface area contributed by atoms with Crippen LogP contribution < -0.4 is 10.1 Å². The summed E-state index contributed by atoms with van der Waals surface area (Å²) in [6.45, 7) is 4.69. The molecule has 2 bridgehead atoms. The number of nitrogens with one attached hydrogen (secondary N) is 1. The van der Waals surface area contributed by atoms with E-state index in [-0.39, 0.29) is 16.1 Å². The highest BCUT2D eigenvalue weighted by Crippen LogP contribution is 2.43. The summed E-state index contributed by atoms with van der Waals surface area (Å²) in [6, 6.07) is 8.38. The summed E-state index contributed by atoms with van der Waals surface area (Å²) in [7, 11) is 3.16. The minimum Gasteiger partial charge on any atom is -0.476 e. The molecule has 5 rings (SSSR count). The van der Waals surface area contributed by atoms with Gasteiger partial charge in [0, 0.05) is 42.9 Å². The van der Waals surface area contributed by atoms with Crippen molar-refractivity contribution >= 4 is 33.3 Å². The van der Waals surface area contributed by atoms with Crippen LogP contribution in [0.15, 0.2) is 41.0 Å². The molecule has 2 aliphatic rings. The molecule has 206 valence electrons. The van der Waals surface area contributed by atoms with Crippen LogP contribution in [0.4, 0.5) is 11.4 Å². The van der Waals surface area contributed by atoms with Crippen LogP contribution in [0.5, 0.6) is 5.88 Å². The van der Waals surface area contributed by atoms with Gasteiger partial charge in [-0.25, -0.2) is 9.48 Å². The van der Waals surface area contributed by atoms with E-state index >= 15 is 0 Å². The lowest BCUT2D eigenvalue weighted by atomic mass is 9.90. The lowest BCUT2D eigenvalue weighted by molar-refractivity contribution is -0.384. The minimum atomic E-state index is -0.427. The lowest BCUT2D eigenvalue weighted by Gasteiger charge is -2.41. The van der Waals surface area contributed by atoms with E-state index in [2.05, 4.69) is 36.2 Å². The number of benzene rings is 1. The maximum atomic E-state index is 12.1. The molecule has 1 N–H and O–H groups in total. The highest BCUT2D eigenvalue weighted by atomic mass is 79.9. The minimum absolute atomic E-state index is 0.0836. The molecule has 12 heteroatoms. The van der Waals surface area contributed by atoms with Crippen LogP contribution in [0.25, 0.3) is 11.3 Å². The van der Waals surface area contributed by atoms with Gasteiger partial charge in [0.25, 0.3) is 5.69 Å². The predicted octanol–water partition coefficient (Wildman–Crippen LogP) is 4.59. The van der Waals surface area contributed by atoms with Crippen molar-refractivity contribution in [1.82, 2.24) is 19.7 Å². The predicted molar refractivity (Wildman–Crippen MR) is 149 cm³/mol. The zero-order valence-electron chi connectivity index (χ0n) is 22.1. The van der Waals surface area contributed by atoms with Crippen LogP contribution in [0, 0.1) is 23.0 Å². The average Bonchev–Trinajstić information content (AvgIpc) is 3.41. The summed E-state index contributed by atoms with van der Waals surface area (Å²) < 4.78 is 13.6. The molecular formula is C27H31BrN6O5. The molecule has 1 aromatic carbocycles. The molecule has 1 aliphatic heterocycles. The number of rotatable bonds is 9. The number of ether oxygens (including phenoxy) is 2. The third kappa shape index (κ3) is 5.76. The Labute approximate surface area is 234 Å². The first kappa shape index (κ1) is 27.1. The first-order valence-corrected chi connectivity index (χ1v) is 13.6. The van der Waals surface area contributed by atoms with Gasteiger partial charge >= 0.3 is 5.97 Å². The number of carbonyl (C=O) groups is 1. The number of nitro benzene ring substituents is 1. The lowest BCUT2D eigenvalue weighted by Crippen LogP contribution is -2.52. The second kappa shape index (κ2) is 10.9. The Bertz CT molecular complexity index is 1410. The van der Waals surface area contributed by atoms with Crippen LogP contribution in [0.3, 0.4) is 0 Å². The Balaban J connectivity index is 1.28. The van der Waals surface area contributed by atoms with Crippen LogP contribution >= 0.6 is 15.9 Å². The Morgan fingerprint density at radius 3 is 2.92 bits per heavy atom. The number of esters is 1. The fourth-order valence-electron chi connectivity index (χ4n) is 5.86. The van der Waals surface area contributed by atoms with Crippen molar-refractivity contribution in [2.45, 2.75) is 31.7 Å². The first-order chi connectivity index (χ1) is 18.7. The summed E-state index contributed by atoms with van der Waals surface area (Å²) in [4.78, 5) is 30.3. The normalized spacial score (nSPS) is 20.6. The quantitative estimate of drug-likeness (QED) is 0.214. The van der Waals surface area contributed by atoms with Gasteiger partial charge in [-0.05, 0) is 56.4 Å².